The van der Waals surface area contributed by atoms with Gasteiger partial charge in [0, 0.05) is 47.8 Å². The molecule has 2 aliphatic rings. The molecule has 0 radical (unpaired) electrons. The van der Waals surface area contributed by atoms with Gasteiger partial charge in [0.1, 0.15) is 5.54 Å². The van der Waals surface area contributed by atoms with E-state index in [-0.39, 0.29) is 17.9 Å². The maximum Gasteiger partial charge on any atom is 0.325 e. The number of nitrogen functional groups attached to an aromatic ring is 1. The highest BCUT2D eigenvalue weighted by Gasteiger charge is 2.52. The lowest BCUT2D eigenvalue weighted by Crippen LogP contribution is -2.55. The molecule has 2 aliphatic heterocycles. The van der Waals surface area contributed by atoms with Crippen LogP contribution in [0.3, 0.4) is 0 Å². The van der Waals surface area contributed by atoms with Crippen molar-refractivity contribution in [2.45, 2.75) is 32.2 Å². The van der Waals surface area contributed by atoms with Gasteiger partial charge in [-0.1, -0.05) is 25.4 Å². The van der Waals surface area contributed by atoms with Gasteiger partial charge in [0.25, 0.3) is 5.91 Å². The second-order valence-corrected chi connectivity index (χ2v) is 7.82. The predicted molar refractivity (Wildman–Crippen MR) is 103 cm³/mol. The molecular weight excluding hydrogens is 354 g/mol. The van der Waals surface area contributed by atoms with Crippen molar-refractivity contribution in [2.24, 2.45) is 5.92 Å². The Morgan fingerprint density at radius 2 is 2.00 bits per heavy atom. The van der Waals surface area contributed by atoms with Crippen molar-refractivity contribution in [3.63, 3.8) is 0 Å². The maximum absolute atomic E-state index is 12.8. The first-order valence-electron chi connectivity index (χ1n) is 8.76. The van der Waals surface area contributed by atoms with E-state index < -0.39 is 5.54 Å². The number of imide groups is 1. The summed E-state index contributed by atoms with van der Waals surface area (Å²) in [6, 6.07) is 3.11. The van der Waals surface area contributed by atoms with Gasteiger partial charge in [-0.2, -0.15) is 0 Å². The SMILES string of the molecule is CC(C)CN1C(=O)NC2(CCN(c3cc(Cl)cc(N)c3C=N)CC2)C1=O. The minimum absolute atomic E-state index is 0.131. The summed E-state index contributed by atoms with van der Waals surface area (Å²) in [6.45, 7) is 5.54. The molecule has 26 heavy (non-hydrogen) atoms. The molecule has 7 nitrogen and oxygen atoms in total. The van der Waals surface area contributed by atoms with Crippen molar-refractivity contribution in [2.75, 3.05) is 30.3 Å². The zero-order valence-electron chi connectivity index (χ0n) is 15.0. The first-order chi connectivity index (χ1) is 12.3. The molecule has 4 N–H and O–H groups in total. The Kier molecular flexibility index (Phi) is 4.84. The average molecular weight is 378 g/mol. The van der Waals surface area contributed by atoms with E-state index in [9.17, 15) is 9.59 Å². The molecule has 2 saturated heterocycles. The van der Waals surface area contributed by atoms with Gasteiger partial charge in [0.15, 0.2) is 0 Å². The molecule has 0 aliphatic carbocycles. The molecule has 3 rings (SSSR count). The molecule has 0 aromatic heterocycles. The van der Waals surface area contributed by atoms with Crippen molar-refractivity contribution in [3.05, 3.63) is 22.7 Å². The predicted octanol–water partition coefficient (Wildman–Crippen LogP) is 2.47. The molecule has 0 unspecified atom stereocenters. The van der Waals surface area contributed by atoms with Gasteiger partial charge in [-0.25, -0.2) is 4.79 Å². The molecule has 8 heteroatoms. The summed E-state index contributed by atoms with van der Waals surface area (Å²) in [5.41, 5.74) is 7.02. The number of nitrogens with one attached hydrogen (secondary N) is 2. The third-order valence-electron chi connectivity index (χ3n) is 5.05. The molecule has 1 aromatic rings. The Morgan fingerprint density at radius 3 is 2.58 bits per heavy atom. The monoisotopic (exact) mass is 377 g/mol. The minimum atomic E-state index is -0.822. The summed E-state index contributed by atoms with van der Waals surface area (Å²) in [7, 11) is 0. The van der Waals surface area contributed by atoms with Crippen LogP contribution in [0, 0.1) is 11.3 Å². The van der Waals surface area contributed by atoms with E-state index in [4.69, 9.17) is 22.7 Å². The van der Waals surface area contributed by atoms with Crippen molar-refractivity contribution < 1.29 is 9.59 Å². The molecule has 1 aromatic carbocycles. The van der Waals surface area contributed by atoms with Crippen LogP contribution in [-0.2, 0) is 4.79 Å². The van der Waals surface area contributed by atoms with Crippen LogP contribution in [0.4, 0.5) is 16.2 Å². The van der Waals surface area contributed by atoms with Crippen LogP contribution in [0.1, 0.15) is 32.3 Å². The molecule has 140 valence electrons. The Morgan fingerprint density at radius 1 is 1.35 bits per heavy atom. The molecule has 3 amide bonds. The van der Waals surface area contributed by atoms with Crippen LogP contribution in [0.15, 0.2) is 12.1 Å². The lowest BCUT2D eigenvalue weighted by Gasteiger charge is -2.39. The fourth-order valence-corrected chi connectivity index (χ4v) is 3.94. The molecule has 1 spiro atoms. The summed E-state index contributed by atoms with van der Waals surface area (Å²) in [5.74, 6) is 0.0956. The number of nitrogens with zero attached hydrogens (tertiary/aromatic N) is 2. The molecule has 2 fully saturated rings. The van der Waals surface area contributed by atoms with Crippen LogP contribution in [0.5, 0.6) is 0 Å². The third-order valence-corrected chi connectivity index (χ3v) is 5.27. The summed E-state index contributed by atoms with van der Waals surface area (Å²) < 4.78 is 0. The highest BCUT2D eigenvalue weighted by Crippen LogP contribution is 2.35. The maximum atomic E-state index is 12.8. The van der Waals surface area contributed by atoms with E-state index in [1.54, 1.807) is 12.1 Å². The Hall–Kier alpha value is -2.28. The van der Waals surface area contributed by atoms with E-state index in [1.165, 1.54) is 11.1 Å². The second-order valence-electron chi connectivity index (χ2n) is 7.38. The summed E-state index contributed by atoms with van der Waals surface area (Å²) >= 11 is 6.13. The van der Waals surface area contributed by atoms with E-state index in [0.29, 0.717) is 48.7 Å². The van der Waals surface area contributed by atoms with Crippen LogP contribution in [0.25, 0.3) is 0 Å². The summed E-state index contributed by atoms with van der Waals surface area (Å²) in [4.78, 5) is 28.5. The zero-order valence-corrected chi connectivity index (χ0v) is 15.8. The summed E-state index contributed by atoms with van der Waals surface area (Å²) in [6.07, 6.45) is 2.24. The third kappa shape index (κ3) is 3.11. The average Bonchev–Trinajstić information content (AvgIpc) is 2.79. The van der Waals surface area contributed by atoms with E-state index in [0.717, 1.165) is 5.69 Å². The number of nitrogens with two attached hydrogens (primary N) is 1. The molecule has 0 atom stereocenters. The van der Waals surface area contributed by atoms with E-state index >= 15 is 0 Å². The van der Waals surface area contributed by atoms with Gasteiger partial charge in [-0.05, 0) is 30.9 Å². The highest BCUT2D eigenvalue weighted by atomic mass is 35.5. The van der Waals surface area contributed by atoms with Gasteiger partial charge in [-0.15, -0.1) is 0 Å². The van der Waals surface area contributed by atoms with Gasteiger partial charge >= 0.3 is 6.03 Å². The first kappa shape index (κ1) is 18.5. The number of rotatable bonds is 4. The smallest absolute Gasteiger partial charge is 0.325 e. The molecular formula is C18H24ClN5O2. The van der Waals surface area contributed by atoms with Crippen LogP contribution in [0.2, 0.25) is 5.02 Å². The standard InChI is InChI=1S/C18H24ClN5O2/c1-11(2)10-24-16(25)18(22-17(24)26)3-5-23(6-4-18)15-8-12(19)7-14(21)13(15)9-20/h7-9,11,20H,3-6,10,21H2,1-2H3,(H,22,26). The molecule has 0 bridgehead atoms. The second kappa shape index (κ2) is 6.79. The number of piperidine rings is 1. The van der Waals surface area contributed by atoms with Gasteiger partial charge < -0.3 is 21.4 Å². The largest absolute Gasteiger partial charge is 0.398 e. The Labute approximate surface area is 158 Å². The highest BCUT2D eigenvalue weighted by molar-refractivity contribution is 6.31. The van der Waals surface area contributed by atoms with Crippen molar-refractivity contribution >= 4 is 41.1 Å². The number of carbonyl (C=O) groups is 2. The van der Waals surface area contributed by atoms with Crippen molar-refractivity contribution in [1.82, 2.24) is 10.2 Å². The fraction of sp³-hybridized carbons (Fsp3) is 0.500. The van der Waals surface area contributed by atoms with E-state index in [2.05, 4.69) is 10.2 Å². The van der Waals surface area contributed by atoms with Gasteiger partial charge in [0.2, 0.25) is 0 Å². The zero-order chi connectivity index (χ0) is 19.1. The Bertz CT molecular complexity index is 756. The van der Waals surface area contributed by atoms with Crippen molar-refractivity contribution in [1.29, 1.82) is 5.41 Å². The number of amides is 3. The first-order valence-corrected chi connectivity index (χ1v) is 9.14. The van der Waals surface area contributed by atoms with Crippen LogP contribution in [-0.4, -0.2) is 48.2 Å². The summed E-state index contributed by atoms with van der Waals surface area (Å²) in [5, 5.41) is 11.1. The van der Waals surface area contributed by atoms with Crippen molar-refractivity contribution in [3.8, 4) is 0 Å². The number of hydrogen-bond acceptors (Lipinski definition) is 5. The fourth-order valence-electron chi connectivity index (χ4n) is 3.72. The lowest BCUT2D eigenvalue weighted by molar-refractivity contribution is -0.132. The number of anilines is 2. The van der Waals surface area contributed by atoms with Gasteiger partial charge in [-0.3, -0.25) is 9.69 Å². The number of benzene rings is 1. The Balaban J connectivity index is 1.79. The topological polar surface area (TPSA) is 103 Å². The van der Waals surface area contributed by atoms with Gasteiger partial charge in [0.05, 0.1) is 0 Å². The quantitative estimate of drug-likeness (QED) is 0.426. The lowest BCUT2D eigenvalue weighted by atomic mass is 9.87. The number of hydrogen-bond donors (Lipinski definition) is 3. The number of carbonyl (C=O) groups excluding carboxylic acids is 2. The molecule has 2 heterocycles. The van der Waals surface area contributed by atoms with Crippen LogP contribution < -0.4 is 16.0 Å². The normalized spacial score (nSPS) is 19.4. The van der Waals surface area contributed by atoms with E-state index in [1.807, 2.05) is 13.8 Å². The minimum Gasteiger partial charge on any atom is -0.398 e. The number of urea groups is 1. The number of halogens is 1. The van der Waals surface area contributed by atoms with Crippen LogP contribution >= 0.6 is 11.6 Å². The molecule has 0 saturated carbocycles.